The van der Waals surface area contributed by atoms with Crippen LogP contribution in [0.15, 0.2) is 34.9 Å². The highest BCUT2D eigenvalue weighted by molar-refractivity contribution is 7.65. The number of nitrogens with zero attached hydrogens (tertiary/aromatic N) is 10. The number of nitrogens with two attached hydrogens (primary N) is 3. The lowest BCUT2D eigenvalue weighted by Gasteiger charge is -2.35. The van der Waals surface area contributed by atoms with Crippen molar-refractivity contribution in [3.63, 3.8) is 0 Å². The second kappa shape index (κ2) is 23.2. The molecule has 0 aliphatic carbocycles. The third-order valence-corrected chi connectivity index (χ3v) is 15.5. The third kappa shape index (κ3) is 13.3. The molecule has 0 spiro atoms. The van der Waals surface area contributed by atoms with Gasteiger partial charge >= 0.3 is 5.65 Å². The predicted molar refractivity (Wildman–Crippen MR) is 234 cm³/mol. The van der Waals surface area contributed by atoms with Gasteiger partial charge in [0.05, 0.1) is 59.3 Å². The van der Waals surface area contributed by atoms with Gasteiger partial charge in [-0.05, 0) is 0 Å². The Hall–Kier alpha value is -5.15. The van der Waals surface area contributed by atoms with Crippen molar-refractivity contribution < 1.29 is 108 Å². The maximum absolute atomic E-state index is 13.5. The minimum Gasteiger partial charge on any atom is -0.756 e. The number of methoxy groups -OCH3 is 1. The van der Waals surface area contributed by atoms with E-state index < -0.39 is 138 Å². The maximum Gasteiger partial charge on any atom is 0.313 e. The van der Waals surface area contributed by atoms with Crippen molar-refractivity contribution in [3.05, 3.63) is 46.0 Å². The van der Waals surface area contributed by atoms with Gasteiger partial charge in [-0.2, -0.15) is 4.98 Å². The van der Waals surface area contributed by atoms with Gasteiger partial charge in [-0.1, -0.05) is 4.98 Å². The molecule has 0 amide bonds. The van der Waals surface area contributed by atoms with Gasteiger partial charge in [0.2, 0.25) is 17.7 Å². The number of aromatic amines is 2. The van der Waals surface area contributed by atoms with Gasteiger partial charge in [0.15, 0.2) is 41.4 Å². The second-order valence-electron chi connectivity index (χ2n) is 15.4. The summed E-state index contributed by atoms with van der Waals surface area (Å²) in [5.41, 5.74) is 15.2. The van der Waals surface area contributed by atoms with Gasteiger partial charge in [-0.3, -0.25) is 51.5 Å². The molecule has 75 heavy (non-hydrogen) atoms. The minimum absolute atomic E-state index is 0.0104. The van der Waals surface area contributed by atoms with E-state index in [1.165, 1.54) is 17.9 Å². The number of aliphatic hydroxyl groups excluding tert-OH is 4. The standard InChI is InChI=1S/C32H47N15O24P4/c1-44-13-47(27-21(44)29(53)43-32(35)41-27)18(6-51)67-15(4-49)8-64-73(56,57)70-75(60,61)71-74(58,59)65-9-16-22(23(62-2)30(68-16)46-12-38-19-24(33)36-10-37-25(19)46)69-72(54,55)63-7-14(3-48)66-17(5-50)45-11-39-20-26(45)40-31(34)42-28(20)52/h10-18,22-23,30,48-51H,3-9H2,1-2H3,(H11-,33,34,35,36,37,40,41,42,43,52,53,54,55,56,57,58,59,60,61)/p-3/t14-,15-,16+,17+,18+,22?,23-,30+/m0/s1. The molecular formula is C32H44N15O24P4-3. The number of fused-ring (bicyclic) bond motifs is 3. The first kappa shape index (κ1) is 57.6. The Labute approximate surface area is 416 Å². The largest absolute Gasteiger partial charge is 0.756 e. The van der Waals surface area contributed by atoms with Crippen molar-refractivity contribution >= 4 is 82.5 Å². The summed E-state index contributed by atoms with van der Waals surface area (Å²) in [5, 5.41) is 40.1. The first-order chi connectivity index (χ1) is 35.3. The van der Waals surface area contributed by atoms with Crippen molar-refractivity contribution in [2.75, 3.05) is 70.6 Å². The van der Waals surface area contributed by atoms with Crippen LogP contribution in [0.4, 0.5) is 17.7 Å². The Morgan fingerprint density at radius 1 is 0.760 bits per heavy atom. The van der Waals surface area contributed by atoms with Crippen LogP contribution in [0.5, 0.6) is 0 Å². The molecule has 414 valence electrons. The van der Waals surface area contributed by atoms with Crippen LogP contribution in [0.1, 0.15) is 18.7 Å². The molecule has 0 saturated carbocycles. The molecule has 6 aromatic heterocycles. The second-order valence-corrected chi connectivity index (χ2v) is 21.3. The van der Waals surface area contributed by atoms with Crippen LogP contribution in [0.2, 0.25) is 0 Å². The zero-order valence-electron chi connectivity index (χ0n) is 38.3. The summed E-state index contributed by atoms with van der Waals surface area (Å²) in [4.78, 5) is 105. The molecule has 0 bridgehead atoms. The summed E-state index contributed by atoms with van der Waals surface area (Å²) in [7, 11) is -22.3. The van der Waals surface area contributed by atoms with E-state index in [1.54, 1.807) is 0 Å². The number of phosphoric ester groups is 3. The van der Waals surface area contributed by atoms with Crippen LogP contribution in [0.3, 0.4) is 0 Å². The van der Waals surface area contributed by atoms with Gasteiger partial charge in [-0.25, -0.2) is 33.1 Å². The summed E-state index contributed by atoms with van der Waals surface area (Å²) >= 11 is 0. The van der Waals surface area contributed by atoms with E-state index in [2.05, 4.69) is 57.5 Å². The van der Waals surface area contributed by atoms with Gasteiger partial charge in [-0.15, -0.1) is 0 Å². The highest BCUT2D eigenvalue weighted by Crippen LogP contribution is 2.63. The molecule has 0 radical (unpaired) electrons. The van der Waals surface area contributed by atoms with Crippen LogP contribution in [0.25, 0.3) is 33.5 Å². The van der Waals surface area contributed by atoms with Crippen molar-refractivity contribution in [2.45, 2.75) is 49.2 Å². The first-order valence-electron chi connectivity index (χ1n) is 20.9. The molecule has 39 nitrogen and oxygen atoms in total. The fraction of sp³-hybridized carbons (Fsp3) is 0.531. The number of hydrogen-bond donors (Lipinski definition) is 9. The average Bonchev–Trinajstić information content (AvgIpc) is 4.11. The SMILES string of the molecule is CO[C@H]1C(OP(=O)([O-])OC[C@H](CO)O[C@H](CO)n2cnc3c(=O)[nH]c(N)nc32)[C@@H](COP(=O)([O-])OP(=O)([O-])OP(=O)([O-])OC[C@H](CO)O[C@H](CO)[n+]2cn(C)c3c(=O)[nH]c(N)nc32)O[C@H]1n1cnc2c(N)ncnc21. The Bertz CT molecular complexity index is 3320. The van der Waals surface area contributed by atoms with Crippen molar-refractivity contribution in [2.24, 2.45) is 7.05 Å². The van der Waals surface area contributed by atoms with Crippen LogP contribution >= 0.6 is 31.3 Å². The van der Waals surface area contributed by atoms with E-state index in [1.807, 2.05) is 0 Å². The van der Waals surface area contributed by atoms with Crippen LogP contribution in [-0.4, -0.2) is 158 Å². The van der Waals surface area contributed by atoms with Gasteiger partial charge < -0.3 is 94.2 Å². The highest BCUT2D eigenvalue weighted by atomic mass is 31.3. The topological polar surface area (TPSA) is 574 Å². The van der Waals surface area contributed by atoms with E-state index in [0.717, 1.165) is 39.8 Å². The number of aliphatic hydroxyl groups is 4. The number of nitrogens with one attached hydrogen (secondary N) is 2. The highest BCUT2D eigenvalue weighted by Gasteiger charge is 2.50. The normalized spacial score (nSPS) is 22.2. The quantitative estimate of drug-likeness (QED) is 0.0171. The third-order valence-electron chi connectivity index (χ3n) is 10.4. The van der Waals surface area contributed by atoms with Crippen molar-refractivity contribution in [1.29, 1.82) is 0 Å². The molecule has 12 N–H and O–H groups in total. The summed E-state index contributed by atoms with van der Waals surface area (Å²) in [6, 6.07) is 0. The zero-order chi connectivity index (χ0) is 54.8. The fourth-order valence-electron chi connectivity index (χ4n) is 7.24. The monoisotopic (exact) mass is 1150 g/mol. The molecule has 12 atom stereocenters. The Morgan fingerprint density at radius 3 is 2.04 bits per heavy atom. The molecule has 1 aliphatic rings. The molecular weight excluding hydrogens is 1100 g/mol. The molecule has 1 saturated heterocycles. The molecule has 5 unspecified atom stereocenters. The number of imidazole rings is 3. The fourth-order valence-corrected chi connectivity index (χ4v) is 11.6. The lowest BCUT2D eigenvalue weighted by molar-refractivity contribution is -0.746. The summed E-state index contributed by atoms with van der Waals surface area (Å²) < 4.78 is 106. The lowest BCUT2D eigenvalue weighted by atomic mass is 10.1. The van der Waals surface area contributed by atoms with Crippen molar-refractivity contribution in [3.8, 4) is 0 Å². The molecule has 6 aromatic rings. The number of rotatable bonds is 27. The average molecular weight is 1150 g/mol. The number of H-pyrrole nitrogens is 2. The predicted octanol–water partition coefficient (Wildman–Crippen LogP) is -6.74. The van der Waals surface area contributed by atoms with Crippen LogP contribution < -0.4 is 52.5 Å². The minimum atomic E-state index is -6.58. The molecule has 43 heteroatoms. The summed E-state index contributed by atoms with van der Waals surface area (Å²) in [5.74, 6) is -0.771. The lowest BCUT2D eigenvalue weighted by Crippen LogP contribution is -2.46. The number of anilines is 3. The summed E-state index contributed by atoms with van der Waals surface area (Å²) in [6.45, 7) is -7.43. The van der Waals surface area contributed by atoms with E-state index in [0.29, 0.717) is 0 Å². The van der Waals surface area contributed by atoms with Crippen molar-refractivity contribution in [1.82, 2.24) is 53.6 Å². The molecule has 0 aromatic carbocycles. The summed E-state index contributed by atoms with van der Waals surface area (Å²) in [6.07, 6.45) is -9.01. The first-order valence-corrected chi connectivity index (χ1v) is 26.8. The van der Waals surface area contributed by atoms with Gasteiger partial charge in [0.25, 0.3) is 48.4 Å². The Morgan fingerprint density at radius 2 is 1.39 bits per heavy atom. The molecule has 7 rings (SSSR count). The van der Waals surface area contributed by atoms with Gasteiger partial charge in [0, 0.05) is 7.11 Å². The molecule has 1 aliphatic heterocycles. The van der Waals surface area contributed by atoms with Crippen LogP contribution in [-0.2, 0) is 71.0 Å². The van der Waals surface area contributed by atoms with E-state index >= 15 is 0 Å². The number of phosphoric acid groups is 4. The molecule has 1 fully saturated rings. The zero-order valence-corrected chi connectivity index (χ0v) is 41.9. The Balaban J connectivity index is 1.02. The smallest absolute Gasteiger partial charge is 0.313 e. The van der Waals surface area contributed by atoms with E-state index in [4.69, 9.17) is 45.2 Å². The van der Waals surface area contributed by atoms with Gasteiger partial charge in [0.1, 0.15) is 49.0 Å². The molecule has 7 heterocycles. The number of nitrogen functional groups attached to an aromatic ring is 3. The van der Waals surface area contributed by atoms with E-state index in [9.17, 15) is 67.8 Å². The number of aryl methyl sites for hydroxylation is 1. The number of hydrogen-bond acceptors (Lipinski definition) is 33. The number of ether oxygens (including phenoxy) is 4. The number of aromatic nitrogens is 12. The Kier molecular flexibility index (Phi) is 17.8. The van der Waals surface area contributed by atoms with E-state index in [-0.39, 0.29) is 51.2 Å². The van der Waals surface area contributed by atoms with Crippen LogP contribution in [0, 0.1) is 0 Å². The maximum atomic E-state index is 13.5.